The lowest BCUT2D eigenvalue weighted by molar-refractivity contribution is 0.402. The van der Waals surface area contributed by atoms with E-state index < -0.39 is 24.9 Å². The zero-order valence-electron chi connectivity index (χ0n) is 19.9. The number of hydrogen-bond acceptors (Lipinski definition) is 7. The van der Waals surface area contributed by atoms with Gasteiger partial charge in [0.2, 0.25) is 0 Å². The van der Waals surface area contributed by atoms with E-state index in [1.165, 1.54) is 31.4 Å². The highest BCUT2D eigenvalue weighted by Crippen LogP contribution is 2.31. The van der Waals surface area contributed by atoms with Crippen LogP contribution in [0.2, 0.25) is 0 Å². The number of benzene rings is 3. The van der Waals surface area contributed by atoms with Gasteiger partial charge in [-0.1, -0.05) is 26.0 Å². The third-order valence-corrected chi connectivity index (χ3v) is 8.27. The van der Waals surface area contributed by atoms with Gasteiger partial charge in [-0.3, -0.25) is 9.44 Å². The molecule has 0 saturated heterocycles. The highest BCUT2D eigenvalue weighted by Gasteiger charge is 2.26. The maximum atomic E-state index is 13.3. The Balaban J connectivity index is 2.07. The molecule has 0 bridgehead atoms. The van der Waals surface area contributed by atoms with E-state index in [4.69, 9.17) is 4.74 Å². The summed E-state index contributed by atoms with van der Waals surface area (Å²) in [5.74, 6) is -0.0586. The van der Waals surface area contributed by atoms with Gasteiger partial charge in [-0.2, -0.15) is 10.5 Å². The van der Waals surface area contributed by atoms with Crippen molar-refractivity contribution in [3.8, 4) is 17.9 Å². The van der Waals surface area contributed by atoms with Crippen molar-refractivity contribution in [2.75, 3.05) is 16.6 Å². The molecule has 0 saturated carbocycles. The summed E-state index contributed by atoms with van der Waals surface area (Å²) in [6.07, 6.45) is 0.813. The average molecular weight is 525 g/mol. The van der Waals surface area contributed by atoms with Crippen molar-refractivity contribution < 1.29 is 21.6 Å². The van der Waals surface area contributed by atoms with E-state index >= 15 is 0 Å². The molecule has 186 valence electrons. The SMILES string of the molecule is CCc1c(C#N)cccc1NS(=O)(=O)c1ccc(OC)c(S(=O)(=O)Nc2cccc(C#N)c2CC)c1. The van der Waals surface area contributed by atoms with Gasteiger partial charge in [0, 0.05) is 0 Å². The van der Waals surface area contributed by atoms with Crippen LogP contribution in [-0.2, 0) is 32.9 Å². The number of ether oxygens (including phenoxy) is 1. The van der Waals surface area contributed by atoms with Gasteiger partial charge in [0.25, 0.3) is 20.0 Å². The second kappa shape index (κ2) is 10.7. The van der Waals surface area contributed by atoms with Crippen LogP contribution >= 0.6 is 0 Å². The molecular formula is C25H24N4O5S2. The summed E-state index contributed by atoms with van der Waals surface area (Å²) in [5, 5.41) is 18.7. The Labute approximate surface area is 211 Å². The predicted molar refractivity (Wildman–Crippen MR) is 136 cm³/mol. The average Bonchev–Trinajstić information content (AvgIpc) is 2.87. The molecule has 0 aliphatic heterocycles. The summed E-state index contributed by atoms with van der Waals surface area (Å²) < 4.78 is 63.2. The molecule has 0 spiro atoms. The fourth-order valence-corrected chi connectivity index (χ4v) is 6.26. The van der Waals surface area contributed by atoms with Gasteiger partial charge in [-0.25, -0.2) is 16.8 Å². The monoisotopic (exact) mass is 524 g/mol. The molecule has 0 heterocycles. The van der Waals surface area contributed by atoms with Crippen LogP contribution in [0.5, 0.6) is 5.75 Å². The van der Waals surface area contributed by atoms with Crippen LogP contribution in [0.25, 0.3) is 0 Å². The van der Waals surface area contributed by atoms with E-state index in [0.29, 0.717) is 35.1 Å². The third kappa shape index (κ3) is 5.28. The van der Waals surface area contributed by atoms with Gasteiger partial charge < -0.3 is 4.74 Å². The van der Waals surface area contributed by atoms with Crippen LogP contribution in [0.3, 0.4) is 0 Å². The highest BCUT2D eigenvalue weighted by atomic mass is 32.2. The second-order valence-corrected chi connectivity index (χ2v) is 11.0. The van der Waals surface area contributed by atoms with Crippen LogP contribution in [0.1, 0.15) is 36.1 Å². The second-order valence-electron chi connectivity index (χ2n) is 7.62. The van der Waals surface area contributed by atoms with Crippen LogP contribution in [-0.4, -0.2) is 23.9 Å². The van der Waals surface area contributed by atoms with Gasteiger partial charge in [0.1, 0.15) is 10.6 Å². The smallest absolute Gasteiger partial charge is 0.265 e. The van der Waals surface area contributed by atoms with Crippen LogP contribution in [0.4, 0.5) is 11.4 Å². The molecule has 0 aliphatic carbocycles. The van der Waals surface area contributed by atoms with Crippen LogP contribution in [0.15, 0.2) is 64.4 Å². The topological polar surface area (TPSA) is 149 Å². The van der Waals surface area contributed by atoms with Crippen molar-refractivity contribution >= 4 is 31.4 Å². The molecule has 9 nitrogen and oxygen atoms in total. The number of nitriles is 2. The minimum Gasteiger partial charge on any atom is -0.495 e. The first-order chi connectivity index (χ1) is 17.1. The van der Waals surface area contributed by atoms with Crippen molar-refractivity contribution in [3.63, 3.8) is 0 Å². The van der Waals surface area contributed by atoms with Crippen molar-refractivity contribution in [1.82, 2.24) is 0 Å². The first kappa shape index (κ1) is 26.5. The molecule has 3 aromatic rings. The number of sulfonamides is 2. The number of nitrogens with zero attached hydrogens (tertiary/aromatic N) is 2. The Kier molecular flexibility index (Phi) is 7.88. The first-order valence-corrected chi connectivity index (χ1v) is 13.9. The van der Waals surface area contributed by atoms with Crippen molar-refractivity contribution in [2.45, 2.75) is 36.5 Å². The molecule has 0 aliphatic rings. The summed E-state index contributed by atoms with van der Waals surface area (Å²) in [4.78, 5) is -0.701. The summed E-state index contributed by atoms with van der Waals surface area (Å²) in [6, 6.07) is 16.9. The van der Waals surface area contributed by atoms with Crippen molar-refractivity contribution in [3.05, 3.63) is 76.9 Å². The third-order valence-electron chi connectivity index (χ3n) is 5.52. The molecular weight excluding hydrogens is 500 g/mol. The maximum Gasteiger partial charge on any atom is 0.265 e. The molecule has 0 fully saturated rings. The molecule has 0 unspecified atom stereocenters. The van der Waals surface area contributed by atoms with Crippen molar-refractivity contribution in [2.24, 2.45) is 0 Å². The lowest BCUT2D eigenvalue weighted by Gasteiger charge is -2.17. The van der Waals surface area contributed by atoms with Gasteiger partial charge in [0.05, 0.1) is 46.6 Å². The number of anilines is 2. The van der Waals surface area contributed by atoms with E-state index in [1.54, 1.807) is 38.1 Å². The predicted octanol–water partition coefficient (Wildman–Crippen LogP) is 4.16. The Bertz CT molecular complexity index is 1600. The molecule has 2 N–H and O–H groups in total. The summed E-state index contributed by atoms with van der Waals surface area (Å²) in [5.41, 5.74) is 2.15. The Morgan fingerprint density at radius 2 is 1.28 bits per heavy atom. The minimum atomic E-state index is -4.31. The van der Waals surface area contributed by atoms with E-state index in [1.807, 2.05) is 12.1 Å². The van der Waals surface area contributed by atoms with E-state index in [-0.39, 0.29) is 22.0 Å². The summed E-state index contributed by atoms with van der Waals surface area (Å²) >= 11 is 0. The standard InChI is InChI=1S/C25H24N4O5S2/c1-4-20-17(15-26)8-6-10-22(20)28-35(30,31)19-12-13-24(34-3)25(14-19)36(32,33)29-23-11-7-9-18(16-27)21(23)5-2/h6-14,28-29H,4-5H2,1-3H3. The lowest BCUT2D eigenvalue weighted by Crippen LogP contribution is -2.18. The highest BCUT2D eigenvalue weighted by molar-refractivity contribution is 7.93. The van der Waals surface area contributed by atoms with E-state index in [2.05, 4.69) is 9.44 Å². The van der Waals surface area contributed by atoms with Gasteiger partial charge in [0.15, 0.2) is 0 Å². The normalized spacial score (nSPS) is 11.2. The number of rotatable bonds is 9. The summed E-state index contributed by atoms with van der Waals surface area (Å²) in [6.45, 7) is 3.59. The molecule has 0 amide bonds. The van der Waals surface area contributed by atoms with Crippen LogP contribution < -0.4 is 14.2 Å². The van der Waals surface area contributed by atoms with E-state index in [9.17, 15) is 27.4 Å². The van der Waals surface area contributed by atoms with Crippen LogP contribution in [0, 0.1) is 22.7 Å². The summed E-state index contributed by atoms with van der Waals surface area (Å²) in [7, 11) is -7.26. The van der Waals surface area contributed by atoms with E-state index in [0.717, 1.165) is 6.07 Å². The molecule has 11 heteroatoms. The lowest BCUT2D eigenvalue weighted by atomic mass is 10.0. The number of nitrogens with one attached hydrogen (secondary N) is 2. The molecule has 0 radical (unpaired) electrons. The maximum absolute atomic E-state index is 13.3. The molecule has 0 atom stereocenters. The fraction of sp³-hybridized carbons (Fsp3) is 0.200. The number of hydrogen-bond donors (Lipinski definition) is 2. The fourth-order valence-electron chi connectivity index (χ4n) is 3.77. The molecule has 36 heavy (non-hydrogen) atoms. The quantitative estimate of drug-likeness (QED) is 0.427. The van der Waals surface area contributed by atoms with Crippen molar-refractivity contribution in [1.29, 1.82) is 10.5 Å². The van der Waals surface area contributed by atoms with Gasteiger partial charge in [-0.15, -0.1) is 0 Å². The minimum absolute atomic E-state index is 0.0586. The van der Waals surface area contributed by atoms with Gasteiger partial charge in [-0.05, 0) is 66.4 Å². The first-order valence-electron chi connectivity index (χ1n) is 10.9. The molecule has 0 aromatic heterocycles. The van der Waals surface area contributed by atoms with Gasteiger partial charge >= 0.3 is 0 Å². The molecule has 3 rings (SSSR count). The zero-order valence-corrected chi connectivity index (χ0v) is 21.5. The Morgan fingerprint density at radius 3 is 1.72 bits per heavy atom. The zero-order chi connectivity index (χ0) is 26.5. The Hall–Kier alpha value is -4.06. The Morgan fingerprint density at radius 1 is 0.778 bits per heavy atom. The molecule has 3 aromatic carbocycles. The number of methoxy groups -OCH3 is 1. The largest absolute Gasteiger partial charge is 0.495 e.